The summed E-state index contributed by atoms with van der Waals surface area (Å²) in [5.74, 6) is 0.222. The van der Waals surface area contributed by atoms with E-state index in [0.717, 1.165) is 6.42 Å². The number of amides is 2. The molecular formula is C12H22N2O3. The Morgan fingerprint density at radius 1 is 1.41 bits per heavy atom. The van der Waals surface area contributed by atoms with Crippen molar-refractivity contribution in [3.8, 4) is 0 Å². The lowest BCUT2D eigenvalue weighted by molar-refractivity contribution is -0.141. The van der Waals surface area contributed by atoms with E-state index in [1.807, 2.05) is 0 Å². The number of aliphatic carboxylic acids is 1. The lowest BCUT2D eigenvalue weighted by atomic mass is 9.87. The van der Waals surface area contributed by atoms with E-state index in [9.17, 15) is 9.59 Å². The van der Waals surface area contributed by atoms with Gasteiger partial charge in [-0.2, -0.15) is 0 Å². The van der Waals surface area contributed by atoms with Crippen LogP contribution in [0.4, 0.5) is 4.79 Å². The summed E-state index contributed by atoms with van der Waals surface area (Å²) in [7, 11) is 0. The van der Waals surface area contributed by atoms with E-state index in [2.05, 4.69) is 17.6 Å². The molecule has 0 heterocycles. The molecule has 3 atom stereocenters. The van der Waals surface area contributed by atoms with E-state index in [0.29, 0.717) is 18.4 Å². The number of hydrogen-bond donors (Lipinski definition) is 3. The fourth-order valence-electron chi connectivity index (χ4n) is 1.74. The van der Waals surface area contributed by atoms with Gasteiger partial charge in [0.1, 0.15) is 6.04 Å². The van der Waals surface area contributed by atoms with Crippen molar-refractivity contribution in [2.24, 2.45) is 17.3 Å². The Hall–Kier alpha value is -1.26. The number of carbonyl (C=O) groups is 2. The van der Waals surface area contributed by atoms with Gasteiger partial charge < -0.3 is 15.7 Å². The summed E-state index contributed by atoms with van der Waals surface area (Å²) >= 11 is 0. The number of carboxylic acid groups (broad SMARTS) is 1. The quantitative estimate of drug-likeness (QED) is 0.698. The summed E-state index contributed by atoms with van der Waals surface area (Å²) in [6.45, 7) is 8.13. The zero-order valence-corrected chi connectivity index (χ0v) is 10.9. The number of urea groups is 1. The molecule has 0 saturated heterocycles. The molecule has 98 valence electrons. The number of carboxylic acids is 1. The standard InChI is InChI=1S/C12H22N2O3/c1-7-5-8(7)6-13-11(17)14-9(10(15)16)12(2,3)4/h7-9H,5-6H2,1-4H3,(H,15,16)(H2,13,14,17). The van der Waals surface area contributed by atoms with Gasteiger partial charge in [-0.15, -0.1) is 0 Å². The van der Waals surface area contributed by atoms with Gasteiger partial charge in [-0.25, -0.2) is 9.59 Å². The highest BCUT2D eigenvalue weighted by atomic mass is 16.4. The third kappa shape index (κ3) is 4.24. The normalized spacial score (nSPS) is 24.9. The van der Waals surface area contributed by atoms with E-state index in [4.69, 9.17) is 5.11 Å². The van der Waals surface area contributed by atoms with Crippen LogP contribution in [0.25, 0.3) is 0 Å². The Bertz CT molecular complexity index is 309. The predicted molar refractivity (Wildman–Crippen MR) is 64.7 cm³/mol. The highest BCUT2D eigenvalue weighted by Crippen LogP contribution is 2.36. The van der Waals surface area contributed by atoms with Crippen LogP contribution in [0.2, 0.25) is 0 Å². The molecule has 0 aliphatic heterocycles. The number of nitrogens with one attached hydrogen (secondary N) is 2. The van der Waals surface area contributed by atoms with Crippen molar-refractivity contribution in [2.75, 3.05) is 6.54 Å². The van der Waals surface area contributed by atoms with Crippen LogP contribution in [0.3, 0.4) is 0 Å². The SMILES string of the molecule is CC1CC1CNC(=O)NC(C(=O)O)C(C)(C)C. The molecule has 3 N–H and O–H groups in total. The first-order valence-corrected chi connectivity index (χ1v) is 5.99. The van der Waals surface area contributed by atoms with Crippen molar-refractivity contribution in [3.63, 3.8) is 0 Å². The average molecular weight is 242 g/mol. The molecule has 0 bridgehead atoms. The maximum Gasteiger partial charge on any atom is 0.326 e. The van der Waals surface area contributed by atoms with Gasteiger partial charge in [0.2, 0.25) is 0 Å². The van der Waals surface area contributed by atoms with Crippen molar-refractivity contribution in [1.29, 1.82) is 0 Å². The molecule has 5 nitrogen and oxygen atoms in total. The second-order valence-corrected chi connectivity index (χ2v) is 5.96. The van der Waals surface area contributed by atoms with Crippen LogP contribution in [0.1, 0.15) is 34.1 Å². The molecule has 1 saturated carbocycles. The van der Waals surface area contributed by atoms with Crippen LogP contribution in [0.5, 0.6) is 0 Å². The molecule has 0 aromatic rings. The van der Waals surface area contributed by atoms with Crippen molar-refractivity contribution >= 4 is 12.0 Å². The van der Waals surface area contributed by atoms with E-state index >= 15 is 0 Å². The van der Waals surface area contributed by atoms with Crippen LogP contribution in [0, 0.1) is 17.3 Å². The lowest BCUT2D eigenvalue weighted by Gasteiger charge is -2.27. The van der Waals surface area contributed by atoms with Crippen LogP contribution in [-0.2, 0) is 4.79 Å². The molecule has 0 aromatic carbocycles. The topological polar surface area (TPSA) is 78.4 Å². The summed E-state index contributed by atoms with van der Waals surface area (Å²) in [5, 5.41) is 14.3. The summed E-state index contributed by atoms with van der Waals surface area (Å²) in [4.78, 5) is 22.6. The molecule has 17 heavy (non-hydrogen) atoms. The van der Waals surface area contributed by atoms with Gasteiger partial charge in [0.15, 0.2) is 0 Å². The van der Waals surface area contributed by atoms with Gasteiger partial charge in [0.25, 0.3) is 0 Å². The van der Waals surface area contributed by atoms with Crippen molar-refractivity contribution in [2.45, 2.75) is 40.2 Å². The van der Waals surface area contributed by atoms with E-state index in [-0.39, 0.29) is 0 Å². The first-order chi connectivity index (χ1) is 7.71. The zero-order chi connectivity index (χ0) is 13.2. The fourth-order valence-corrected chi connectivity index (χ4v) is 1.74. The Labute approximate surface area is 102 Å². The van der Waals surface area contributed by atoms with Gasteiger partial charge in [-0.1, -0.05) is 27.7 Å². The van der Waals surface area contributed by atoms with Gasteiger partial charge in [0, 0.05) is 6.54 Å². The Morgan fingerprint density at radius 3 is 2.29 bits per heavy atom. The largest absolute Gasteiger partial charge is 0.480 e. The zero-order valence-electron chi connectivity index (χ0n) is 10.9. The maximum absolute atomic E-state index is 11.6. The predicted octanol–water partition coefficient (Wildman–Crippen LogP) is 1.44. The molecular weight excluding hydrogens is 220 g/mol. The van der Waals surface area contributed by atoms with Gasteiger partial charge >= 0.3 is 12.0 Å². The first kappa shape index (κ1) is 13.8. The summed E-state index contributed by atoms with van der Waals surface area (Å²) in [5.41, 5.74) is -0.504. The number of rotatable bonds is 4. The first-order valence-electron chi connectivity index (χ1n) is 5.99. The molecule has 1 aliphatic rings. The second kappa shape index (κ2) is 4.94. The van der Waals surface area contributed by atoms with Crippen molar-refractivity contribution < 1.29 is 14.7 Å². The summed E-state index contributed by atoms with van der Waals surface area (Å²) in [6.07, 6.45) is 1.14. The van der Waals surface area contributed by atoms with E-state index in [1.54, 1.807) is 20.8 Å². The third-order valence-corrected chi connectivity index (χ3v) is 3.19. The molecule has 5 heteroatoms. The number of hydrogen-bond acceptors (Lipinski definition) is 2. The monoisotopic (exact) mass is 242 g/mol. The molecule has 0 aromatic heterocycles. The van der Waals surface area contributed by atoms with E-state index in [1.165, 1.54) is 0 Å². The van der Waals surface area contributed by atoms with Crippen LogP contribution in [0.15, 0.2) is 0 Å². The van der Waals surface area contributed by atoms with Crippen LogP contribution >= 0.6 is 0 Å². The molecule has 2 amide bonds. The van der Waals surface area contributed by atoms with Crippen molar-refractivity contribution in [1.82, 2.24) is 10.6 Å². The molecule has 1 rings (SSSR count). The smallest absolute Gasteiger partial charge is 0.326 e. The van der Waals surface area contributed by atoms with Gasteiger partial charge in [-0.3, -0.25) is 0 Å². The minimum Gasteiger partial charge on any atom is -0.480 e. The van der Waals surface area contributed by atoms with E-state index < -0.39 is 23.5 Å². The molecule has 0 spiro atoms. The van der Waals surface area contributed by atoms with Crippen molar-refractivity contribution in [3.05, 3.63) is 0 Å². The van der Waals surface area contributed by atoms with Crippen LogP contribution in [-0.4, -0.2) is 29.7 Å². The highest BCUT2D eigenvalue weighted by molar-refractivity contribution is 5.83. The Kier molecular flexibility index (Phi) is 4.01. The summed E-state index contributed by atoms with van der Waals surface area (Å²) in [6, 6.07) is -1.27. The number of carbonyl (C=O) groups excluding carboxylic acids is 1. The average Bonchev–Trinajstić information content (AvgIpc) is 2.85. The minimum atomic E-state index is -1.01. The van der Waals surface area contributed by atoms with Gasteiger partial charge in [-0.05, 0) is 23.7 Å². The fraction of sp³-hybridized carbons (Fsp3) is 0.833. The second-order valence-electron chi connectivity index (χ2n) is 5.96. The Morgan fingerprint density at radius 2 is 1.94 bits per heavy atom. The molecule has 0 radical (unpaired) electrons. The van der Waals surface area contributed by atoms with Crippen LogP contribution < -0.4 is 10.6 Å². The Balaban J connectivity index is 2.39. The summed E-state index contributed by atoms with van der Waals surface area (Å²) < 4.78 is 0. The highest BCUT2D eigenvalue weighted by Gasteiger charge is 2.34. The minimum absolute atomic E-state index is 0.397. The molecule has 1 fully saturated rings. The maximum atomic E-state index is 11.6. The third-order valence-electron chi connectivity index (χ3n) is 3.19. The molecule has 1 aliphatic carbocycles. The molecule has 3 unspecified atom stereocenters. The van der Waals surface area contributed by atoms with Gasteiger partial charge in [0.05, 0.1) is 0 Å². The lowest BCUT2D eigenvalue weighted by Crippen LogP contribution is -2.52.